The molecule has 1 nitrogen and oxygen atoms in total. The van der Waals surface area contributed by atoms with E-state index in [-0.39, 0.29) is 0 Å². The van der Waals surface area contributed by atoms with E-state index in [0.717, 1.165) is 19.4 Å². The Morgan fingerprint density at radius 2 is 1.78 bits per heavy atom. The molecule has 0 heterocycles. The Hall–Kier alpha value is -0.300. The third-order valence-corrected chi connectivity index (χ3v) is 1.81. The highest BCUT2D eigenvalue weighted by Crippen LogP contribution is 2.08. The first-order chi connectivity index (χ1) is 4.26. The van der Waals surface area contributed by atoms with Crippen molar-refractivity contribution < 1.29 is 0 Å². The van der Waals surface area contributed by atoms with Crippen LogP contribution < -0.4 is 5.73 Å². The summed E-state index contributed by atoms with van der Waals surface area (Å²) < 4.78 is 0. The zero-order valence-corrected chi connectivity index (χ0v) is 6.70. The quantitative estimate of drug-likeness (QED) is 0.577. The minimum Gasteiger partial charge on any atom is -0.327 e. The highest BCUT2D eigenvalue weighted by Gasteiger charge is 1.93. The van der Waals surface area contributed by atoms with Crippen LogP contribution in [0.3, 0.4) is 0 Å². The topological polar surface area (TPSA) is 26.0 Å². The molecule has 54 valence electrons. The molecule has 1 heteroatoms. The Morgan fingerprint density at radius 1 is 1.22 bits per heavy atom. The summed E-state index contributed by atoms with van der Waals surface area (Å²) in [5, 5.41) is 0. The fourth-order valence-electron chi connectivity index (χ4n) is 0.870. The third-order valence-electron chi connectivity index (χ3n) is 1.81. The Kier molecular flexibility index (Phi) is 4.41. The summed E-state index contributed by atoms with van der Waals surface area (Å²) in [5.41, 5.74) is 8.37. The van der Waals surface area contributed by atoms with Gasteiger partial charge in [-0.3, -0.25) is 0 Å². The molecule has 0 spiro atoms. The van der Waals surface area contributed by atoms with E-state index >= 15 is 0 Å². The van der Waals surface area contributed by atoms with E-state index in [0.29, 0.717) is 0 Å². The fourth-order valence-corrected chi connectivity index (χ4v) is 0.870. The Balaban J connectivity index is 4.01. The van der Waals surface area contributed by atoms with Crippen molar-refractivity contribution in [3.05, 3.63) is 11.1 Å². The summed E-state index contributed by atoms with van der Waals surface area (Å²) in [7, 11) is 0. The van der Waals surface area contributed by atoms with E-state index in [2.05, 4.69) is 20.8 Å². The van der Waals surface area contributed by atoms with Crippen LogP contribution in [-0.4, -0.2) is 6.54 Å². The van der Waals surface area contributed by atoms with Crippen LogP contribution in [0.1, 0.15) is 33.6 Å². The van der Waals surface area contributed by atoms with E-state index in [1.807, 2.05) is 0 Å². The molecule has 0 saturated heterocycles. The van der Waals surface area contributed by atoms with Crippen molar-refractivity contribution in [2.75, 3.05) is 6.54 Å². The van der Waals surface area contributed by atoms with Crippen LogP contribution in [0.15, 0.2) is 11.1 Å². The van der Waals surface area contributed by atoms with Gasteiger partial charge in [0.1, 0.15) is 0 Å². The lowest BCUT2D eigenvalue weighted by Gasteiger charge is -2.04. The first-order valence-electron chi connectivity index (χ1n) is 3.63. The van der Waals surface area contributed by atoms with Crippen molar-refractivity contribution in [1.82, 2.24) is 0 Å². The van der Waals surface area contributed by atoms with Gasteiger partial charge in [-0.1, -0.05) is 25.0 Å². The van der Waals surface area contributed by atoms with Crippen molar-refractivity contribution in [2.45, 2.75) is 33.6 Å². The summed E-state index contributed by atoms with van der Waals surface area (Å²) >= 11 is 0. The smallest absolute Gasteiger partial charge is 0.0139 e. The number of hydrogen-bond donors (Lipinski definition) is 1. The molecule has 0 aromatic carbocycles. The van der Waals surface area contributed by atoms with Gasteiger partial charge in [-0.05, 0) is 19.8 Å². The Morgan fingerprint density at radius 3 is 1.89 bits per heavy atom. The van der Waals surface area contributed by atoms with Crippen molar-refractivity contribution in [2.24, 2.45) is 5.73 Å². The zero-order chi connectivity index (χ0) is 7.28. The third kappa shape index (κ3) is 2.66. The van der Waals surface area contributed by atoms with Gasteiger partial charge in [0, 0.05) is 6.54 Å². The molecule has 0 radical (unpaired) electrons. The number of hydrogen-bond acceptors (Lipinski definition) is 1. The average molecular weight is 127 g/mol. The van der Waals surface area contributed by atoms with Crippen molar-refractivity contribution in [3.63, 3.8) is 0 Å². The molecule has 0 amide bonds. The maximum Gasteiger partial charge on any atom is 0.0139 e. The summed E-state index contributed by atoms with van der Waals surface area (Å²) in [5.74, 6) is 0. The molecule has 0 aliphatic carbocycles. The maximum atomic E-state index is 5.50. The first kappa shape index (κ1) is 8.70. The second-order valence-corrected chi connectivity index (χ2v) is 2.30. The highest BCUT2D eigenvalue weighted by molar-refractivity contribution is 5.12. The molecule has 0 saturated carbocycles. The second kappa shape index (κ2) is 4.57. The predicted octanol–water partition coefficient (Wildman–Crippen LogP) is 2.08. The van der Waals surface area contributed by atoms with Gasteiger partial charge in [0.05, 0.1) is 0 Å². The molecule has 0 aliphatic heterocycles. The van der Waals surface area contributed by atoms with Gasteiger partial charge in [-0.2, -0.15) is 0 Å². The zero-order valence-electron chi connectivity index (χ0n) is 6.70. The van der Waals surface area contributed by atoms with Gasteiger partial charge in [0.2, 0.25) is 0 Å². The lowest BCUT2D eigenvalue weighted by Crippen LogP contribution is -2.04. The Bertz CT molecular complexity index is 97.1. The second-order valence-electron chi connectivity index (χ2n) is 2.30. The molecule has 0 rings (SSSR count). The van der Waals surface area contributed by atoms with E-state index in [4.69, 9.17) is 5.73 Å². The SMILES string of the molecule is CCC(C)=C(CC)CN. The van der Waals surface area contributed by atoms with Crippen LogP contribution in [-0.2, 0) is 0 Å². The van der Waals surface area contributed by atoms with E-state index < -0.39 is 0 Å². The monoisotopic (exact) mass is 127 g/mol. The van der Waals surface area contributed by atoms with Crippen LogP contribution in [0.5, 0.6) is 0 Å². The summed E-state index contributed by atoms with van der Waals surface area (Å²) in [6.07, 6.45) is 2.25. The lowest BCUT2D eigenvalue weighted by atomic mass is 10.1. The fraction of sp³-hybridized carbons (Fsp3) is 0.750. The van der Waals surface area contributed by atoms with Crippen molar-refractivity contribution >= 4 is 0 Å². The van der Waals surface area contributed by atoms with Crippen molar-refractivity contribution in [1.29, 1.82) is 0 Å². The predicted molar refractivity (Wildman–Crippen MR) is 42.3 cm³/mol. The molecule has 0 aliphatic rings. The van der Waals surface area contributed by atoms with Crippen LogP contribution in [0.2, 0.25) is 0 Å². The first-order valence-corrected chi connectivity index (χ1v) is 3.63. The van der Waals surface area contributed by atoms with Gasteiger partial charge in [-0.15, -0.1) is 0 Å². The highest BCUT2D eigenvalue weighted by atomic mass is 14.5. The van der Waals surface area contributed by atoms with Gasteiger partial charge in [-0.25, -0.2) is 0 Å². The number of nitrogens with two attached hydrogens (primary N) is 1. The lowest BCUT2D eigenvalue weighted by molar-refractivity contribution is 0.934. The summed E-state index contributed by atoms with van der Waals surface area (Å²) in [6, 6.07) is 0. The summed E-state index contributed by atoms with van der Waals surface area (Å²) in [4.78, 5) is 0. The molecule has 0 aromatic heterocycles. The maximum absolute atomic E-state index is 5.50. The molecule has 9 heavy (non-hydrogen) atoms. The summed E-state index contributed by atoms with van der Waals surface area (Å²) in [6.45, 7) is 7.21. The average Bonchev–Trinajstić information content (AvgIpc) is 1.90. The van der Waals surface area contributed by atoms with E-state index in [9.17, 15) is 0 Å². The van der Waals surface area contributed by atoms with Gasteiger partial charge in [0.25, 0.3) is 0 Å². The van der Waals surface area contributed by atoms with E-state index in [1.165, 1.54) is 11.1 Å². The minimum atomic E-state index is 0.732. The van der Waals surface area contributed by atoms with Crippen LogP contribution in [0.4, 0.5) is 0 Å². The molecule has 0 atom stereocenters. The molecule has 0 fully saturated rings. The van der Waals surface area contributed by atoms with Crippen LogP contribution in [0, 0.1) is 0 Å². The largest absolute Gasteiger partial charge is 0.327 e. The van der Waals surface area contributed by atoms with Crippen LogP contribution in [0.25, 0.3) is 0 Å². The van der Waals surface area contributed by atoms with Gasteiger partial charge in [0.15, 0.2) is 0 Å². The number of allylic oxidation sites excluding steroid dienone is 1. The van der Waals surface area contributed by atoms with E-state index in [1.54, 1.807) is 0 Å². The minimum absolute atomic E-state index is 0.732. The van der Waals surface area contributed by atoms with Gasteiger partial charge < -0.3 is 5.73 Å². The standard InChI is InChI=1S/C8H17N/c1-4-7(3)8(5-2)6-9/h4-6,9H2,1-3H3. The molecule has 0 bridgehead atoms. The molecule has 2 N–H and O–H groups in total. The van der Waals surface area contributed by atoms with Crippen molar-refractivity contribution in [3.8, 4) is 0 Å². The number of rotatable bonds is 3. The molecular formula is C8H17N. The molecule has 0 aromatic rings. The van der Waals surface area contributed by atoms with Crippen LogP contribution >= 0.6 is 0 Å². The Labute approximate surface area is 57.9 Å². The normalized spacial score (nSPS) is 13.3. The molecule has 0 unspecified atom stereocenters. The van der Waals surface area contributed by atoms with Gasteiger partial charge >= 0.3 is 0 Å². The molecular weight excluding hydrogens is 110 g/mol.